The third-order valence-electron chi connectivity index (χ3n) is 2.15. The summed E-state index contributed by atoms with van der Waals surface area (Å²) in [6.45, 7) is 0.774. The third kappa shape index (κ3) is 3.19. The predicted octanol–water partition coefficient (Wildman–Crippen LogP) is 3.00. The van der Waals surface area contributed by atoms with Crippen molar-refractivity contribution in [1.82, 2.24) is 15.3 Å². The molecule has 5 heteroatoms. The van der Waals surface area contributed by atoms with E-state index >= 15 is 0 Å². The van der Waals surface area contributed by atoms with Gasteiger partial charge in [-0.2, -0.15) is 0 Å². The maximum Gasteiger partial charge on any atom is 0.192 e. The molecule has 1 aromatic carbocycles. The quantitative estimate of drug-likeness (QED) is 0.863. The third-order valence-corrected chi connectivity index (χ3v) is 3.66. The van der Waals surface area contributed by atoms with E-state index in [0.29, 0.717) is 5.16 Å². The van der Waals surface area contributed by atoms with Crippen molar-refractivity contribution >= 4 is 23.4 Å². The Labute approximate surface area is 110 Å². The Morgan fingerprint density at radius 2 is 2.00 bits per heavy atom. The van der Waals surface area contributed by atoms with Crippen LogP contribution in [0, 0.1) is 0 Å². The van der Waals surface area contributed by atoms with Crippen LogP contribution >= 0.6 is 23.4 Å². The first kappa shape index (κ1) is 12.4. The molecule has 2 aromatic rings. The molecule has 0 radical (unpaired) electrons. The minimum atomic E-state index is 0.706. The lowest BCUT2D eigenvalue weighted by molar-refractivity contribution is 0.802. The highest BCUT2D eigenvalue weighted by molar-refractivity contribution is 7.99. The smallest absolute Gasteiger partial charge is 0.192 e. The molecular formula is C12H12ClN3S. The van der Waals surface area contributed by atoms with Crippen molar-refractivity contribution in [2.45, 2.75) is 16.6 Å². The molecule has 1 heterocycles. The summed E-state index contributed by atoms with van der Waals surface area (Å²) in [7, 11) is 1.91. The van der Waals surface area contributed by atoms with Crippen LogP contribution in [0.5, 0.6) is 0 Å². The summed E-state index contributed by atoms with van der Waals surface area (Å²) < 4.78 is 0. The zero-order chi connectivity index (χ0) is 12.1. The molecule has 0 bridgehead atoms. The van der Waals surface area contributed by atoms with Crippen molar-refractivity contribution in [2.75, 3.05) is 7.05 Å². The first-order valence-corrected chi connectivity index (χ1v) is 6.37. The maximum atomic E-state index is 6.21. The molecule has 0 spiro atoms. The van der Waals surface area contributed by atoms with E-state index in [1.54, 1.807) is 18.5 Å². The SMILES string of the molecule is CNCc1cccc(Cl)c1Sc1ncccn1. The van der Waals surface area contributed by atoms with Crippen LogP contribution in [0.1, 0.15) is 5.56 Å². The summed E-state index contributed by atoms with van der Waals surface area (Å²) in [5.41, 5.74) is 1.15. The Balaban J connectivity index is 2.31. The molecule has 0 saturated carbocycles. The molecule has 0 saturated heterocycles. The van der Waals surface area contributed by atoms with Crippen molar-refractivity contribution in [3.05, 3.63) is 47.2 Å². The van der Waals surface area contributed by atoms with E-state index in [9.17, 15) is 0 Å². The fourth-order valence-corrected chi connectivity index (χ4v) is 2.58. The summed E-state index contributed by atoms with van der Waals surface area (Å²) in [5, 5.41) is 4.56. The van der Waals surface area contributed by atoms with Gasteiger partial charge in [-0.3, -0.25) is 0 Å². The number of nitrogens with one attached hydrogen (secondary N) is 1. The molecule has 0 atom stereocenters. The van der Waals surface area contributed by atoms with Crippen LogP contribution < -0.4 is 5.32 Å². The Kier molecular flexibility index (Phi) is 4.36. The average Bonchev–Trinajstić information content (AvgIpc) is 2.35. The Morgan fingerprint density at radius 3 is 2.71 bits per heavy atom. The minimum absolute atomic E-state index is 0.706. The molecule has 1 aromatic heterocycles. The van der Waals surface area contributed by atoms with Gasteiger partial charge in [0, 0.05) is 23.8 Å². The second-order valence-corrected chi connectivity index (χ2v) is 4.78. The molecule has 0 amide bonds. The highest BCUT2D eigenvalue weighted by Gasteiger charge is 2.09. The molecule has 2 rings (SSSR count). The molecule has 88 valence electrons. The van der Waals surface area contributed by atoms with Gasteiger partial charge in [0.1, 0.15) is 0 Å². The number of rotatable bonds is 4. The van der Waals surface area contributed by atoms with Gasteiger partial charge in [-0.15, -0.1) is 0 Å². The number of nitrogens with zero attached hydrogens (tertiary/aromatic N) is 2. The molecule has 0 fully saturated rings. The maximum absolute atomic E-state index is 6.21. The topological polar surface area (TPSA) is 37.8 Å². The fraction of sp³-hybridized carbons (Fsp3) is 0.167. The molecule has 0 aliphatic rings. The van der Waals surface area contributed by atoms with Crippen molar-refractivity contribution in [3.63, 3.8) is 0 Å². The van der Waals surface area contributed by atoms with E-state index in [1.165, 1.54) is 11.8 Å². The van der Waals surface area contributed by atoms with Gasteiger partial charge in [0.25, 0.3) is 0 Å². The van der Waals surface area contributed by atoms with Crippen molar-refractivity contribution in [3.8, 4) is 0 Å². The lowest BCUT2D eigenvalue weighted by atomic mass is 10.2. The van der Waals surface area contributed by atoms with Gasteiger partial charge in [-0.05, 0) is 36.5 Å². The number of benzene rings is 1. The van der Waals surface area contributed by atoms with Crippen molar-refractivity contribution < 1.29 is 0 Å². The first-order valence-electron chi connectivity index (χ1n) is 5.18. The largest absolute Gasteiger partial charge is 0.316 e. The van der Waals surface area contributed by atoms with Gasteiger partial charge in [0.2, 0.25) is 0 Å². The van der Waals surface area contributed by atoms with Crippen LogP contribution in [0.3, 0.4) is 0 Å². The average molecular weight is 266 g/mol. The van der Waals surface area contributed by atoms with Gasteiger partial charge in [0.15, 0.2) is 5.16 Å². The molecule has 0 aliphatic heterocycles. The molecule has 0 aliphatic carbocycles. The van der Waals surface area contributed by atoms with Crippen LogP contribution in [0.2, 0.25) is 5.02 Å². The molecule has 3 nitrogen and oxygen atoms in total. The zero-order valence-corrected chi connectivity index (χ0v) is 10.9. The van der Waals surface area contributed by atoms with Crippen molar-refractivity contribution in [1.29, 1.82) is 0 Å². The summed E-state index contributed by atoms with van der Waals surface area (Å²) >= 11 is 7.70. The summed E-state index contributed by atoms with van der Waals surface area (Å²) in [5.74, 6) is 0. The van der Waals surface area contributed by atoms with E-state index in [2.05, 4.69) is 15.3 Å². The zero-order valence-electron chi connectivity index (χ0n) is 9.35. The molecule has 1 N–H and O–H groups in total. The van der Waals surface area contributed by atoms with Gasteiger partial charge < -0.3 is 5.32 Å². The van der Waals surface area contributed by atoms with E-state index < -0.39 is 0 Å². The molecule has 17 heavy (non-hydrogen) atoms. The monoisotopic (exact) mass is 265 g/mol. The Morgan fingerprint density at radius 1 is 1.24 bits per heavy atom. The minimum Gasteiger partial charge on any atom is -0.316 e. The number of hydrogen-bond acceptors (Lipinski definition) is 4. The fourth-order valence-electron chi connectivity index (χ4n) is 1.43. The molecular weight excluding hydrogens is 254 g/mol. The highest BCUT2D eigenvalue weighted by Crippen LogP contribution is 2.34. The van der Waals surface area contributed by atoms with E-state index in [4.69, 9.17) is 11.6 Å². The van der Waals surface area contributed by atoms with Gasteiger partial charge in [0.05, 0.1) is 5.02 Å². The standard InChI is InChI=1S/C12H12ClN3S/c1-14-8-9-4-2-5-10(13)11(9)17-12-15-6-3-7-16-12/h2-7,14H,8H2,1H3. The van der Waals surface area contributed by atoms with Crippen LogP contribution in [-0.4, -0.2) is 17.0 Å². The summed E-state index contributed by atoms with van der Waals surface area (Å²) in [6.07, 6.45) is 3.45. The van der Waals surface area contributed by atoms with E-state index in [-0.39, 0.29) is 0 Å². The summed E-state index contributed by atoms with van der Waals surface area (Å²) in [4.78, 5) is 9.39. The normalized spacial score (nSPS) is 10.5. The van der Waals surface area contributed by atoms with Crippen LogP contribution in [-0.2, 0) is 6.54 Å². The Hall–Kier alpha value is -1.10. The molecule has 0 unspecified atom stereocenters. The second-order valence-electron chi connectivity index (χ2n) is 3.39. The highest BCUT2D eigenvalue weighted by atomic mass is 35.5. The van der Waals surface area contributed by atoms with Crippen LogP contribution in [0.4, 0.5) is 0 Å². The Bertz CT molecular complexity index is 490. The first-order chi connectivity index (χ1) is 8.31. The van der Waals surface area contributed by atoms with Gasteiger partial charge >= 0.3 is 0 Å². The second kappa shape index (κ2) is 6.00. The predicted molar refractivity (Wildman–Crippen MR) is 70.4 cm³/mol. The number of halogens is 1. The van der Waals surface area contributed by atoms with Gasteiger partial charge in [-0.1, -0.05) is 23.7 Å². The lowest BCUT2D eigenvalue weighted by Gasteiger charge is -2.09. The number of hydrogen-bond donors (Lipinski definition) is 1. The summed E-state index contributed by atoms with van der Waals surface area (Å²) in [6, 6.07) is 7.68. The lowest BCUT2D eigenvalue weighted by Crippen LogP contribution is -2.06. The van der Waals surface area contributed by atoms with Crippen molar-refractivity contribution in [2.24, 2.45) is 0 Å². The van der Waals surface area contributed by atoms with Gasteiger partial charge in [-0.25, -0.2) is 9.97 Å². The van der Waals surface area contributed by atoms with E-state index in [1.807, 2.05) is 25.2 Å². The van der Waals surface area contributed by atoms with E-state index in [0.717, 1.165) is 22.0 Å². The number of aromatic nitrogens is 2. The van der Waals surface area contributed by atoms with Crippen LogP contribution in [0.15, 0.2) is 46.7 Å². The van der Waals surface area contributed by atoms with Crippen LogP contribution in [0.25, 0.3) is 0 Å².